The molecule has 4 N–H and O–H groups in total. The van der Waals surface area contributed by atoms with Gasteiger partial charge in [0.05, 0.1) is 4.88 Å². The van der Waals surface area contributed by atoms with Crippen molar-refractivity contribution in [2.45, 2.75) is 0 Å². The highest BCUT2D eigenvalue weighted by atomic mass is 32.1. The van der Waals surface area contributed by atoms with E-state index in [1.54, 1.807) is 11.3 Å². The molecule has 0 radical (unpaired) electrons. The van der Waals surface area contributed by atoms with Crippen LogP contribution in [0.15, 0.2) is 42.6 Å². The van der Waals surface area contributed by atoms with Crippen LogP contribution >= 0.6 is 11.3 Å². The average molecular weight is 281 g/mol. The van der Waals surface area contributed by atoms with Gasteiger partial charge in [0.2, 0.25) is 0 Å². The van der Waals surface area contributed by atoms with Gasteiger partial charge in [0.1, 0.15) is 5.69 Å². The lowest BCUT2D eigenvalue weighted by atomic mass is 10.1. The van der Waals surface area contributed by atoms with Crippen molar-refractivity contribution in [2.24, 2.45) is 0 Å². The summed E-state index contributed by atoms with van der Waals surface area (Å²) in [7, 11) is 0. The van der Waals surface area contributed by atoms with E-state index in [0.29, 0.717) is 11.5 Å². The van der Waals surface area contributed by atoms with E-state index in [9.17, 15) is 0 Å². The van der Waals surface area contributed by atoms with Gasteiger partial charge >= 0.3 is 0 Å². The number of nitrogens with zero attached hydrogens (tertiary/aromatic N) is 2. The molecule has 0 aliphatic rings. The van der Waals surface area contributed by atoms with Crippen molar-refractivity contribution in [3.63, 3.8) is 0 Å². The second-order valence-electron chi connectivity index (χ2n) is 4.50. The Hall–Kier alpha value is -2.60. The lowest BCUT2D eigenvalue weighted by Gasteiger charge is -1.97. The summed E-state index contributed by atoms with van der Waals surface area (Å²) in [5.74, 6) is 0.429. The van der Waals surface area contributed by atoms with E-state index in [-0.39, 0.29) is 0 Å². The molecule has 6 heteroatoms. The van der Waals surface area contributed by atoms with Gasteiger partial charge in [0, 0.05) is 16.6 Å². The van der Waals surface area contributed by atoms with Crippen LogP contribution in [0.2, 0.25) is 0 Å². The molecule has 3 heterocycles. The number of thiophene rings is 1. The van der Waals surface area contributed by atoms with Gasteiger partial charge in [-0.25, -0.2) is 0 Å². The number of hydrogen-bond donors (Lipinski definition) is 3. The summed E-state index contributed by atoms with van der Waals surface area (Å²) in [4.78, 5) is 5.42. The molecular formula is C14H11N5S. The Balaban J connectivity index is 1.79. The van der Waals surface area contributed by atoms with E-state index < -0.39 is 0 Å². The minimum absolute atomic E-state index is 0.429. The van der Waals surface area contributed by atoms with Crippen LogP contribution in [0.5, 0.6) is 0 Å². The van der Waals surface area contributed by atoms with Gasteiger partial charge in [-0.05, 0) is 35.2 Å². The topological polar surface area (TPSA) is 83.4 Å². The number of nitrogen functional groups attached to an aromatic ring is 1. The fourth-order valence-electron chi connectivity index (χ4n) is 2.24. The summed E-state index contributed by atoms with van der Waals surface area (Å²) < 4.78 is 0. The molecule has 0 atom stereocenters. The SMILES string of the molecule is Nc1n[nH]nc1-c1ccc(-c2ccc3cc[nH]c3c2)s1. The second-order valence-corrected chi connectivity index (χ2v) is 5.58. The number of H-pyrrole nitrogens is 2. The summed E-state index contributed by atoms with van der Waals surface area (Å²) in [6.45, 7) is 0. The Kier molecular flexibility index (Phi) is 2.37. The smallest absolute Gasteiger partial charge is 0.174 e. The molecule has 0 saturated heterocycles. The third kappa shape index (κ3) is 1.70. The van der Waals surface area contributed by atoms with E-state index in [1.165, 1.54) is 15.8 Å². The van der Waals surface area contributed by atoms with E-state index in [4.69, 9.17) is 5.73 Å². The Morgan fingerprint density at radius 2 is 1.90 bits per heavy atom. The van der Waals surface area contributed by atoms with Crippen molar-refractivity contribution >= 4 is 28.1 Å². The number of rotatable bonds is 2. The first kappa shape index (κ1) is 11.2. The zero-order chi connectivity index (χ0) is 13.5. The Morgan fingerprint density at radius 3 is 2.75 bits per heavy atom. The quantitative estimate of drug-likeness (QED) is 0.527. The van der Waals surface area contributed by atoms with Gasteiger partial charge < -0.3 is 10.7 Å². The molecule has 0 aliphatic heterocycles. The molecule has 5 nitrogen and oxygen atoms in total. The minimum Gasteiger partial charge on any atom is -0.380 e. The van der Waals surface area contributed by atoms with Gasteiger partial charge in [0.25, 0.3) is 0 Å². The molecule has 0 fully saturated rings. The first-order valence-corrected chi connectivity index (χ1v) is 6.97. The lowest BCUT2D eigenvalue weighted by Crippen LogP contribution is -1.86. The monoisotopic (exact) mass is 281 g/mol. The number of aromatic nitrogens is 4. The Morgan fingerprint density at radius 1 is 1.00 bits per heavy atom. The highest BCUT2D eigenvalue weighted by Gasteiger charge is 2.11. The highest BCUT2D eigenvalue weighted by Crippen LogP contribution is 2.35. The fourth-order valence-corrected chi connectivity index (χ4v) is 3.24. The van der Waals surface area contributed by atoms with Gasteiger partial charge in [-0.1, -0.05) is 12.1 Å². The summed E-state index contributed by atoms with van der Waals surface area (Å²) in [6, 6.07) is 12.6. The van der Waals surface area contributed by atoms with Gasteiger partial charge in [-0.15, -0.1) is 16.4 Å². The summed E-state index contributed by atoms with van der Waals surface area (Å²) >= 11 is 1.65. The van der Waals surface area contributed by atoms with Crippen molar-refractivity contribution in [3.8, 4) is 21.0 Å². The maximum Gasteiger partial charge on any atom is 0.174 e. The molecule has 0 spiro atoms. The minimum atomic E-state index is 0.429. The normalized spacial score (nSPS) is 11.2. The molecule has 0 bridgehead atoms. The van der Waals surface area contributed by atoms with Crippen LogP contribution in [0.25, 0.3) is 31.9 Å². The number of anilines is 1. The van der Waals surface area contributed by atoms with Gasteiger partial charge in [-0.3, -0.25) is 0 Å². The Bertz CT molecular complexity index is 886. The van der Waals surface area contributed by atoms with Crippen molar-refractivity contribution in [1.82, 2.24) is 20.4 Å². The van der Waals surface area contributed by atoms with E-state index in [2.05, 4.69) is 50.7 Å². The molecule has 98 valence electrons. The van der Waals surface area contributed by atoms with Gasteiger partial charge in [-0.2, -0.15) is 10.3 Å². The molecule has 0 unspecified atom stereocenters. The van der Waals surface area contributed by atoms with Crippen LogP contribution in [0, 0.1) is 0 Å². The van der Waals surface area contributed by atoms with Crippen LogP contribution < -0.4 is 5.73 Å². The van der Waals surface area contributed by atoms with Crippen LogP contribution in [0.4, 0.5) is 5.82 Å². The van der Waals surface area contributed by atoms with Crippen molar-refractivity contribution in [1.29, 1.82) is 0 Å². The average Bonchev–Trinajstić information content (AvgIpc) is 3.17. The zero-order valence-electron chi connectivity index (χ0n) is 10.4. The van der Waals surface area contributed by atoms with Crippen molar-refractivity contribution in [3.05, 3.63) is 42.6 Å². The Labute approximate surface area is 118 Å². The number of nitrogens with two attached hydrogens (primary N) is 1. The van der Waals surface area contributed by atoms with Crippen molar-refractivity contribution in [2.75, 3.05) is 5.73 Å². The van der Waals surface area contributed by atoms with Crippen LogP contribution in [-0.2, 0) is 0 Å². The van der Waals surface area contributed by atoms with E-state index in [0.717, 1.165) is 10.4 Å². The predicted octanol–water partition coefficient (Wildman–Crippen LogP) is 3.26. The summed E-state index contributed by atoms with van der Waals surface area (Å²) in [5, 5.41) is 11.7. The molecule has 0 aliphatic carbocycles. The van der Waals surface area contributed by atoms with E-state index in [1.807, 2.05) is 12.3 Å². The van der Waals surface area contributed by atoms with Crippen LogP contribution in [-0.4, -0.2) is 20.4 Å². The van der Waals surface area contributed by atoms with Crippen molar-refractivity contribution < 1.29 is 0 Å². The maximum absolute atomic E-state index is 5.78. The number of benzene rings is 1. The summed E-state index contributed by atoms with van der Waals surface area (Å²) in [6.07, 6.45) is 1.95. The molecule has 1 aromatic carbocycles. The number of hydrogen-bond acceptors (Lipinski definition) is 4. The predicted molar refractivity (Wildman–Crippen MR) is 81.4 cm³/mol. The molecule has 20 heavy (non-hydrogen) atoms. The first-order valence-electron chi connectivity index (χ1n) is 6.15. The standard InChI is InChI=1S/C14H11N5S/c15-14-13(17-19-18-14)12-4-3-11(20-12)9-2-1-8-5-6-16-10(8)7-9/h1-7,16H,(H3,15,17,18,19). The first-order chi connectivity index (χ1) is 9.81. The highest BCUT2D eigenvalue weighted by molar-refractivity contribution is 7.18. The molecular weight excluding hydrogens is 270 g/mol. The molecule has 0 amide bonds. The van der Waals surface area contributed by atoms with Gasteiger partial charge in [0.15, 0.2) is 5.82 Å². The van der Waals surface area contributed by atoms with Crippen LogP contribution in [0.1, 0.15) is 0 Å². The number of nitrogens with one attached hydrogen (secondary N) is 2. The number of aromatic amines is 2. The molecule has 4 aromatic rings. The molecule has 3 aromatic heterocycles. The van der Waals surface area contributed by atoms with Crippen LogP contribution in [0.3, 0.4) is 0 Å². The third-order valence-electron chi connectivity index (χ3n) is 3.25. The third-order valence-corrected chi connectivity index (χ3v) is 4.39. The number of fused-ring (bicyclic) bond motifs is 1. The lowest BCUT2D eigenvalue weighted by molar-refractivity contribution is 0.946. The maximum atomic E-state index is 5.78. The molecule has 4 rings (SSSR count). The second kappa shape index (κ2) is 4.21. The van der Waals surface area contributed by atoms with E-state index >= 15 is 0 Å². The largest absolute Gasteiger partial charge is 0.380 e. The molecule has 0 saturated carbocycles. The zero-order valence-corrected chi connectivity index (χ0v) is 11.2. The summed E-state index contributed by atoms with van der Waals surface area (Å²) in [5.41, 5.74) is 8.80. The fraction of sp³-hybridized carbons (Fsp3) is 0.